The molecule has 108 valence electrons. The Hall–Kier alpha value is -1.35. The van der Waals surface area contributed by atoms with Gasteiger partial charge in [-0.25, -0.2) is 0 Å². The Kier molecular flexibility index (Phi) is 4.36. The molecule has 0 spiro atoms. The molecule has 20 heavy (non-hydrogen) atoms. The first-order valence-electron chi connectivity index (χ1n) is 7.76. The predicted octanol–water partition coefficient (Wildman–Crippen LogP) is 2.72. The Morgan fingerprint density at radius 1 is 1.25 bits per heavy atom. The van der Waals surface area contributed by atoms with Gasteiger partial charge in [0.1, 0.15) is 6.10 Å². The zero-order valence-corrected chi connectivity index (χ0v) is 12.3. The second-order valence-corrected chi connectivity index (χ2v) is 6.06. The van der Waals surface area contributed by atoms with E-state index in [0.29, 0.717) is 0 Å². The van der Waals surface area contributed by atoms with E-state index in [2.05, 4.69) is 41.5 Å². The second kappa shape index (κ2) is 6.40. The van der Waals surface area contributed by atoms with Crippen LogP contribution in [0.1, 0.15) is 30.4 Å². The smallest absolute Gasteiger partial charge is 0.184 e. The van der Waals surface area contributed by atoms with Crippen LogP contribution in [0.2, 0.25) is 0 Å². The lowest BCUT2D eigenvalue weighted by molar-refractivity contribution is 0.212. The standard InChI is InChI=1S/C17H24N2O/c1-13-3-2-4-15(9-13)10-16-12-19-17(20-16)11-14-5-7-18-8-6-14/h2-4,9,14,16,18H,5-8,10-12H2,1H3. The summed E-state index contributed by atoms with van der Waals surface area (Å²) in [4.78, 5) is 4.60. The lowest BCUT2D eigenvalue weighted by Crippen LogP contribution is -2.29. The summed E-state index contributed by atoms with van der Waals surface area (Å²) >= 11 is 0. The highest BCUT2D eigenvalue weighted by Gasteiger charge is 2.23. The van der Waals surface area contributed by atoms with Crippen molar-refractivity contribution >= 4 is 5.90 Å². The zero-order chi connectivity index (χ0) is 13.8. The van der Waals surface area contributed by atoms with Gasteiger partial charge >= 0.3 is 0 Å². The van der Waals surface area contributed by atoms with Crippen LogP contribution in [0.4, 0.5) is 0 Å². The van der Waals surface area contributed by atoms with Crippen LogP contribution in [-0.2, 0) is 11.2 Å². The summed E-state index contributed by atoms with van der Waals surface area (Å²) in [5.41, 5.74) is 2.67. The van der Waals surface area contributed by atoms with Crippen molar-refractivity contribution in [2.24, 2.45) is 10.9 Å². The Morgan fingerprint density at radius 3 is 2.90 bits per heavy atom. The minimum Gasteiger partial charge on any atom is -0.475 e. The van der Waals surface area contributed by atoms with Crippen LogP contribution < -0.4 is 5.32 Å². The van der Waals surface area contributed by atoms with E-state index in [4.69, 9.17) is 4.74 Å². The summed E-state index contributed by atoms with van der Waals surface area (Å²) in [5, 5.41) is 3.41. The molecule has 1 saturated heterocycles. The van der Waals surface area contributed by atoms with Crippen LogP contribution in [0.3, 0.4) is 0 Å². The van der Waals surface area contributed by atoms with E-state index in [1.54, 1.807) is 0 Å². The number of aliphatic imine (C=N–C) groups is 1. The van der Waals surface area contributed by atoms with Crippen LogP contribution in [-0.4, -0.2) is 31.6 Å². The van der Waals surface area contributed by atoms with Gasteiger partial charge in [-0.1, -0.05) is 29.8 Å². The molecule has 2 heterocycles. The summed E-state index contributed by atoms with van der Waals surface area (Å²) in [6, 6.07) is 8.68. The summed E-state index contributed by atoms with van der Waals surface area (Å²) < 4.78 is 6.04. The number of hydrogen-bond acceptors (Lipinski definition) is 3. The number of aryl methyl sites for hydroxylation is 1. The molecule has 0 aromatic heterocycles. The number of rotatable bonds is 4. The Balaban J connectivity index is 1.48. The van der Waals surface area contributed by atoms with Crippen molar-refractivity contribution in [2.45, 2.75) is 38.7 Å². The average Bonchev–Trinajstić information content (AvgIpc) is 2.87. The number of nitrogens with zero attached hydrogens (tertiary/aromatic N) is 1. The van der Waals surface area contributed by atoms with E-state index >= 15 is 0 Å². The van der Waals surface area contributed by atoms with Crippen molar-refractivity contribution in [3.8, 4) is 0 Å². The first-order chi connectivity index (χ1) is 9.79. The first-order valence-corrected chi connectivity index (χ1v) is 7.76. The fourth-order valence-corrected chi connectivity index (χ4v) is 3.12. The Bertz CT molecular complexity index is 478. The third-order valence-electron chi connectivity index (χ3n) is 4.24. The van der Waals surface area contributed by atoms with E-state index in [1.807, 2.05) is 0 Å². The number of benzene rings is 1. The van der Waals surface area contributed by atoms with Crippen molar-refractivity contribution in [1.82, 2.24) is 5.32 Å². The van der Waals surface area contributed by atoms with Gasteiger partial charge in [-0.05, 0) is 44.3 Å². The topological polar surface area (TPSA) is 33.6 Å². The minimum absolute atomic E-state index is 0.244. The fraction of sp³-hybridized carbons (Fsp3) is 0.588. The number of piperidine rings is 1. The molecule has 0 bridgehead atoms. The van der Waals surface area contributed by atoms with Gasteiger partial charge in [-0.3, -0.25) is 4.99 Å². The lowest BCUT2D eigenvalue weighted by atomic mass is 9.95. The molecule has 1 aromatic carbocycles. The quantitative estimate of drug-likeness (QED) is 0.914. The largest absolute Gasteiger partial charge is 0.475 e. The van der Waals surface area contributed by atoms with Gasteiger partial charge in [0.15, 0.2) is 5.90 Å². The summed E-state index contributed by atoms with van der Waals surface area (Å²) in [6.45, 7) is 5.25. The molecule has 3 nitrogen and oxygen atoms in total. The average molecular weight is 272 g/mol. The lowest BCUT2D eigenvalue weighted by Gasteiger charge is -2.22. The fourth-order valence-electron chi connectivity index (χ4n) is 3.12. The molecule has 1 unspecified atom stereocenters. The molecule has 1 atom stereocenters. The van der Waals surface area contributed by atoms with E-state index in [1.165, 1.54) is 24.0 Å². The maximum atomic E-state index is 6.04. The predicted molar refractivity (Wildman–Crippen MR) is 82.3 cm³/mol. The molecule has 0 saturated carbocycles. The van der Waals surface area contributed by atoms with E-state index in [9.17, 15) is 0 Å². The van der Waals surface area contributed by atoms with Gasteiger partial charge in [0, 0.05) is 12.8 Å². The van der Waals surface area contributed by atoms with Crippen LogP contribution >= 0.6 is 0 Å². The molecule has 1 aromatic rings. The molecule has 1 N–H and O–H groups in total. The van der Waals surface area contributed by atoms with Crippen molar-refractivity contribution in [2.75, 3.05) is 19.6 Å². The normalized spacial score (nSPS) is 23.4. The highest BCUT2D eigenvalue weighted by molar-refractivity contribution is 5.78. The summed E-state index contributed by atoms with van der Waals surface area (Å²) in [6.07, 6.45) is 4.76. The van der Waals surface area contributed by atoms with Crippen molar-refractivity contribution in [1.29, 1.82) is 0 Å². The van der Waals surface area contributed by atoms with E-state index in [-0.39, 0.29) is 6.10 Å². The Morgan fingerprint density at radius 2 is 2.10 bits per heavy atom. The molecule has 0 aliphatic carbocycles. The van der Waals surface area contributed by atoms with Crippen LogP contribution in [0.15, 0.2) is 29.3 Å². The van der Waals surface area contributed by atoms with Crippen LogP contribution in [0.5, 0.6) is 0 Å². The van der Waals surface area contributed by atoms with Gasteiger partial charge in [-0.2, -0.15) is 0 Å². The number of nitrogens with one attached hydrogen (secondary N) is 1. The third-order valence-corrected chi connectivity index (χ3v) is 4.24. The van der Waals surface area contributed by atoms with Crippen molar-refractivity contribution in [3.05, 3.63) is 35.4 Å². The molecule has 3 heteroatoms. The second-order valence-electron chi connectivity index (χ2n) is 6.06. The minimum atomic E-state index is 0.244. The van der Waals surface area contributed by atoms with E-state index < -0.39 is 0 Å². The summed E-state index contributed by atoms with van der Waals surface area (Å²) in [7, 11) is 0. The molecule has 2 aliphatic rings. The van der Waals surface area contributed by atoms with Gasteiger partial charge in [0.2, 0.25) is 0 Å². The molecular formula is C17H24N2O. The maximum absolute atomic E-state index is 6.04. The number of hydrogen-bond donors (Lipinski definition) is 1. The van der Waals surface area contributed by atoms with Gasteiger partial charge in [0.25, 0.3) is 0 Å². The first kappa shape index (κ1) is 13.6. The SMILES string of the molecule is Cc1cccc(CC2CN=C(CC3CCNCC3)O2)c1. The van der Waals surface area contributed by atoms with Gasteiger partial charge in [-0.15, -0.1) is 0 Å². The maximum Gasteiger partial charge on any atom is 0.184 e. The van der Waals surface area contributed by atoms with Crippen molar-refractivity contribution in [3.63, 3.8) is 0 Å². The Labute approximate surface area is 121 Å². The van der Waals surface area contributed by atoms with Crippen LogP contribution in [0.25, 0.3) is 0 Å². The number of ether oxygens (including phenoxy) is 1. The molecule has 1 fully saturated rings. The van der Waals surface area contributed by atoms with E-state index in [0.717, 1.165) is 44.3 Å². The van der Waals surface area contributed by atoms with Gasteiger partial charge in [0.05, 0.1) is 6.54 Å². The highest BCUT2D eigenvalue weighted by atomic mass is 16.5. The van der Waals surface area contributed by atoms with Gasteiger partial charge < -0.3 is 10.1 Å². The highest BCUT2D eigenvalue weighted by Crippen LogP contribution is 2.21. The molecular weight excluding hydrogens is 248 g/mol. The summed E-state index contributed by atoms with van der Waals surface area (Å²) in [5.74, 6) is 1.75. The monoisotopic (exact) mass is 272 g/mol. The molecule has 2 aliphatic heterocycles. The molecule has 0 radical (unpaired) electrons. The molecule has 0 amide bonds. The molecule has 3 rings (SSSR count). The zero-order valence-electron chi connectivity index (χ0n) is 12.3. The van der Waals surface area contributed by atoms with Crippen molar-refractivity contribution < 1.29 is 4.74 Å². The third kappa shape index (κ3) is 3.60. The van der Waals surface area contributed by atoms with Crippen LogP contribution in [0, 0.1) is 12.8 Å².